The molecule has 100 valence electrons. The molecule has 0 aromatic rings. The van der Waals surface area contributed by atoms with Gasteiger partial charge in [0, 0.05) is 25.8 Å². The topological polar surface area (TPSA) is 47.3 Å². The Balaban J connectivity index is 1.64. The molecular weight excluding hydrogens is 212 g/mol. The van der Waals surface area contributed by atoms with Gasteiger partial charge in [-0.25, -0.2) is 0 Å². The summed E-state index contributed by atoms with van der Waals surface area (Å²) < 4.78 is 5.43. The van der Waals surface area contributed by atoms with Gasteiger partial charge in [0.15, 0.2) is 0 Å². The van der Waals surface area contributed by atoms with Crippen LogP contribution >= 0.6 is 0 Å². The second-order valence-corrected chi connectivity index (χ2v) is 6.35. The predicted octanol–water partition coefficient (Wildman–Crippen LogP) is 1.91. The van der Waals surface area contributed by atoms with E-state index in [-0.39, 0.29) is 0 Å². The normalized spacial score (nSPS) is 33.5. The second-order valence-electron chi connectivity index (χ2n) is 6.35. The lowest BCUT2D eigenvalue weighted by atomic mass is 9.82. The fraction of sp³-hybridized carbons (Fsp3) is 1.00. The van der Waals surface area contributed by atoms with Crippen molar-refractivity contribution >= 4 is 0 Å². The molecule has 3 N–H and O–H groups in total. The van der Waals surface area contributed by atoms with Gasteiger partial charge in [0.25, 0.3) is 0 Å². The first-order valence-electron chi connectivity index (χ1n) is 7.22. The van der Waals surface area contributed by atoms with Crippen molar-refractivity contribution < 1.29 is 4.74 Å². The second kappa shape index (κ2) is 6.17. The van der Waals surface area contributed by atoms with Crippen LogP contribution < -0.4 is 11.1 Å². The first-order chi connectivity index (χ1) is 8.18. The SMILES string of the molecule is CC1(CNCC2CCCC(N)C2)CCOCC1. The van der Waals surface area contributed by atoms with Crippen LogP contribution in [-0.4, -0.2) is 32.3 Å². The van der Waals surface area contributed by atoms with Crippen LogP contribution in [0.2, 0.25) is 0 Å². The van der Waals surface area contributed by atoms with Gasteiger partial charge in [-0.05, 0) is 50.0 Å². The largest absolute Gasteiger partial charge is 0.381 e. The van der Waals surface area contributed by atoms with Gasteiger partial charge in [0.2, 0.25) is 0 Å². The Morgan fingerprint density at radius 3 is 2.76 bits per heavy atom. The molecule has 0 radical (unpaired) electrons. The van der Waals surface area contributed by atoms with E-state index in [9.17, 15) is 0 Å². The molecule has 0 spiro atoms. The molecule has 1 saturated carbocycles. The Morgan fingerprint density at radius 2 is 2.06 bits per heavy atom. The molecule has 3 heteroatoms. The first kappa shape index (κ1) is 13.3. The molecule has 0 bridgehead atoms. The number of ether oxygens (including phenoxy) is 1. The molecule has 1 aliphatic heterocycles. The summed E-state index contributed by atoms with van der Waals surface area (Å²) in [6, 6.07) is 0.453. The third-order valence-electron chi connectivity index (χ3n) is 4.51. The lowest BCUT2D eigenvalue weighted by Gasteiger charge is -2.35. The van der Waals surface area contributed by atoms with E-state index in [1.54, 1.807) is 0 Å². The van der Waals surface area contributed by atoms with Crippen LogP contribution in [0, 0.1) is 11.3 Å². The Bertz CT molecular complexity index is 226. The molecule has 2 rings (SSSR count). The highest BCUT2D eigenvalue weighted by Crippen LogP contribution is 2.29. The molecule has 1 aliphatic carbocycles. The maximum atomic E-state index is 6.02. The summed E-state index contributed by atoms with van der Waals surface area (Å²) in [6.07, 6.45) is 7.52. The van der Waals surface area contributed by atoms with Crippen molar-refractivity contribution in [2.24, 2.45) is 17.1 Å². The number of nitrogens with one attached hydrogen (secondary N) is 1. The Kier molecular flexibility index (Phi) is 4.83. The molecule has 2 unspecified atom stereocenters. The van der Waals surface area contributed by atoms with E-state index < -0.39 is 0 Å². The average Bonchev–Trinajstić information content (AvgIpc) is 2.30. The summed E-state index contributed by atoms with van der Waals surface area (Å²) in [5, 5.41) is 3.67. The van der Waals surface area contributed by atoms with E-state index in [0.29, 0.717) is 11.5 Å². The highest BCUT2D eigenvalue weighted by Gasteiger charge is 2.27. The number of nitrogens with two attached hydrogens (primary N) is 1. The molecule has 3 nitrogen and oxygen atoms in total. The molecule has 17 heavy (non-hydrogen) atoms. The quantitative estimate of drug-likeness (QED) is 0.789. The van der Waals surface area contributed by atoms with E-state index in [1.165, 1.54) is 38.5 Å². The standard InChI is InChI=1S/C14H28N2O/c1-14(5-7-17-8-6-14)11-16-10-12-3-2-4-13(15)9-12/h12-13,16H,2-11,15H2,1H3. The van der Waals surface area contributed by atoms with E-state index >= 15 is 0 Å². The van der Waals surface area contributed by atoms with Gasteiger partial charge in [-0.15, -0.1) is 0 Å². The molecule has 0 aromatic carbocycles. The number of rotatable bonds is 4. The van der Waals surface area contributed by atoms with Gasteiger partial charge in [0.1, 0.15) is 0 Å². The minimum absolute atomic E-state index is 0.453. The van der Waals surface area contributed by atoms with Crippen molar-refractivity contribution in [2.75, 3.05) is 26.3 Å². The molecule has 1 saturated heterocycles. The summed E-state index contributed by atoms with van der Waals surface area (Å²) in [5.41, 5.74) is 6.47. The van der Waals surface area contributed by atoms with E-state index in [1.807, 2.05) is 0 Å². The average molecular weight is 240 g/mol. The van der Waals surface area contributed by atoms with Gasteiger partial charge in [-0.1, -0.05) is 13.3 Å². The minimum atomic E-state index is 0.453. The van der Waals surface area contributed by atoms with E-state index in [2.05, 4.69) is 12.2 Å². The Morgan fingerprint density at radius 1 is 1.29 bits per heavy atom. The van der Waals surface area contributed by atoms with Crippen molar-refractivity contribution in [3.8, 4) is 0 Å². The van der Waals surface area contributed by atoms with Crippen LogP contribution in [0.4, 0.5) is 0 Å². The number of hydrogen-bond acceptors (Lipinski definition) is 3. The van der Waals surface area contributed by atoms with Crippen molar-refractivity contribution in [3.63, 3.8) is 0 Å². The number of hydrogen-bond donors (Lipinski definition) is 2. The monoisotopic (exact) mass is 240 g/mol. The van der Waals surface area contributed by atoms with Crippen molar-refractivity contribution in [3.05, 3.63) is 0 Å². The Hall–Kier alpha value is -0.120. The van der Waals surface area contributed by atoms with Gasteiger partial charge >= 0.3 is 0 Å². The highest BCUT2D eigenvalue weighted by molar-refractivity contribution is 4.81. The fourth-order valence-electron chi connectivity index (χ4n) is 3.14. The van der Waals surface area contributed by atoms with Crippen molar-refractivity contribution in [1.29, 1.82) is 0 Å². The molecule has 2 aliphatic rings. The minimum Gasteiger partial charge on any atom is -0.381 e. The van der Waals surface area contributed by atoms with Crippen LogP contribution in [0.3, 0.4) is 0 Å². The first-order valence-corrected chi connectivity index (χ1v) is 7.22. The lowest BCUT2D eigenvalue weighted by molar-refractivity contribution is 0.0236. The third kappa shape index (κ3) is 4.23. The molecular formula is C14H28N2O. The summed E-state index contributed by atoms with van der Waals surface area (Å²) in [4.78, 5) is 0. The zero-order valence-corrected chi connectivity index (χ0v) is 11.2. The summed E-state index contributed by atoms with van der Waals surface area (Å²) in [7, 11) is 0. The summed E-state index contributed by atoms with van der Waals surface area (Å²) >= 11 is 0. The Labute approximate surface area is 105 Å². The van der Waals surface area contributed by atoms with Gasteiger partial charge in [-0.3, -0.25) is 0 Å². The molecule has 1 heterocycles. The zero-order valence-electron chi connectivity index (χ0n) is 11.2. The van der Waals surface area contributed by atoms with E-state index in [0.717, 1.165) is 32.2 Å². The maximum absolute atomic E-state index is 6.02. The molecule has 2 fully saturated rings. The van der Waals surface area contributed by atoms with Gasteiger partial charge in [0.05, 0.1) is 0 Å². The smallest absolute Gasteiger partial charge is 0.0471 e. The van der Waals surface area contributed by atoms with Crippen molar-refractivity contribution in [2.45, 2.75) is 51.5 Å². The van der Waals surface area contributed by atoms with Crippen molar-refractivity contribution in [1.82, 2.24) is 5.32 Å². The zero-order chi connectivity index (χ0) is 12.1. The van der Waals surface area contributed by atoms with Crippen LogP contribution in [0.15, 0.2) is 0 Å². The van der Waals surface area contributed by atoms with Gasteiger partial charge < -0.3 is 15.8 Å². The predicted molar refractivity (Wildman–Crippen MR) is 71.0 cm³/mol. The highest BCUT2D eigenvalue weighted by atomic mass is 16.5. The van der Waals surface area contributed by atoms with Crippen LogP contribution in [0.5, 0.6) is 0 Å². The summed E-state index contributed by atoms with van der Waals surface area (Å²) in [6.45, 7) is 6.56. The van der Waals surface area contributed by atoms with Crippen LogP contribution in [-0.2, 0) is 4.74 Å². The fourth-order valence-corrected chi connectivity index (χ4v) is 3.14. The third-order valence-corrected chi connectivity index (χ3v) is 4.51. The van der Waals surface area contributed by atoms with Gasteiger partial charge in [-0.2, -0.15) is 0 Å². The lowest BCUT2D eigenvalue weighted by Crippen LogP contribution is -2.40. The molecule has 0 amide bonds. The molecule has 0 aromatic heterocycles. The van der Waals surface area contributed by atoms with Crippen LogP contribution in [0.1, 0.15) is 45.4 Å². The molecule has 2 atom stereocenters. The summed E-state index contributed by atoms with van der Waals surface area (Å²) in [5.74, 6) is 0.808. The van der Waals surface area contributed by atoms with Crippen LogP contribution in [0.25, 0.3) is 0 Å². The van der Waals surface area contributed by atoms with E-state index in [4.69, 9.17) is 10.5 Å². The maximum Gasteiger partial charge on any atom is 0.0471 e.